The first-order valence-corrected chi connectivity index (χ1v) is 3.78. The Balaban J connectivity index is 3.10. The van der Waals surface area contributed by atoms with E-state index in [-0.39, 0.29) is 0 Å². The SMILES string of the molecule is C=COc1ccc(C)cc1C=C. The monoisotopic (exact) mass is 160 g/mol. The number of rotatable bonds is 3. The average molecular weight is 160 g/mol. The topological polar surface area (TPSA) is 9.23 Å². The van der Waals surface area contributed by atoms with Gasteiger partial charge in [-0.25, -0.2) is 0 Å². The quantitative estimate of drug-likeness (QED) is 0.617. The molecule has 1 rings (SSSR count). The molecular formula is C11H12O. The zero-order valence-electron chi connectivity index (χ0n) is 7.21. The Bertz CT molecular complexity index is 300. The molecule has 0 fully saturated rings. The smallest absolute Gasteiger partial charge is 0.133 e. The molecule has 0 saturated carbocycles. The molecule has 0 bridgehead atoms. The summed E-state index contributed by atoms with van der Waals surface area (Å²) < 4.78 is 5.18. The van der Waals surface area contributed by atoms with Crippen molar-refractivity contribution in [3.05, 3.63) is 48.7 Å². The predicted molar refractivity (Wildman–Crippen MR) is 52.1 cm³/mol. The van der Waals surface area contributed by atoms with Crippen molar-refractivity contribution in [2.75, 3.05) is 0 Å². The molecule has 0 heterocycles. The Labute approximate surface area is 73.0 Å². The molecule has 0 saturated heterocycles. The predicted octanol–water partition coefficient (Wildman–Crippen LogP) is 3.16. The van der Waals surface area contributed by atoms with E-state index in [1.54, 1.807) is 6.08 Å². The van der Waals surface area contributed by atoms with Crippen molar-refractivity contribution < 1.29 is 4.74 Å². The van der Waals surface area contributed by atoms with Gasteiger partial charge < -0.3 is 4.74 Å². The molecule has 62 valence electrons. The molecular weight excluding hydrogens is 148 g/mol. The lowest BCUT2D eigenvalue weighted by Gasteiger charge is -2.04. The van der Waals surface area contributed by atoms with Crippen molar-refractivity contribution in [3.8, 4) is 5.75 Å². The molecule has 0 aliphatic carbocycles. The highest BCUT2D eigenvalue weighted by molar-refractivity contribution is 5.56. The van der Waals surface area contributed by atoms with Gasteiger partial charge in [0.2, 0.25) is 0 Å². The van der Waals surface area contributed by atoms with E-state index in [0.29, 0.717) is 0 Å². The summed E-state index contributed by atoms with van der Waals surface area (Å²) in [4.78, 5) is 0. The van der Waals surface area contributed by atoms with Gasteiger partial charge in [-0.1, -0.05) is 30.9 Å². The fraction of sp³-hybridized carbons (Fsp3) is 0.0909. The largest absolute Gasteiger partial charge is 0.465 e. The van der Waals surface area contributed by atoms with Crippen LogP contribution in [0.2, 0.25) is 0 Å². The van der Waals surface area contributed by atoms with Crippen molar-refractivity contribution in [2.45, 2.75) is 6.92 Å². The Morgan fingerprint density at radius 1 is 1.33 bits per heavy atom. The van der Waals surface area contributed by atoms with Gasteiger partial charge in [-0.2, -0.15) is 0 Å². The maximum Gasteiger partial charge on any atom is 0.133 e. The van der Waals surface area contributed by atoms with Crippen LogP contribution in [0.3, 0.4) is 0 Å². The molecule has 0 radical (unpaired) electrons. The summed E-state index contributed by atoms with van der Waals surface area (Å²) in [6.45, 7) is 9.23. The highest BCUT2D eigenvalue weighted by Crippen LogP contribution is 2.20. The summed E-state index contributed by atoms with van der Waals surface area (Å²) >= 11 is 0. The van der Waals surface area contributed by atoms with E-state index in [0.717, 1.165) is 11.3 Å². The van der Waals surface area contributed by atoms with Gasteiger partial charge >= 0.3 is 0 Å². The minimum atomic E-state index is 0.797. The molecule has 0 spiro atoms. The molecule has 0 aliphatic heterocycles. The Morgan fingerprint density at radius 2 is 2.08 bits per heavy atom. The number of benzene rings is 1. The van der Waals surface area contributed by atoms with E-state index in [1.807, 2.05) is 25.1 Å². The Morgan fingerprint density at radius 3 is 2.67 bits per heavy atom. The van der Waals surface area contributed by atoms with E-state index in [1.165, 1.54) is 11.8 Å². The number of hydrogen-bond acceptors (Lipinski definition) is 1. The average Bonchev–Trinajstić information content (AvgIpc) is 2.08. The molecule has 1 aromatic rings. The molecule has 0 aromatic heterocycles. The van der Waals surface area contributed by atoms with Gasteiger partial charge in [-0.15, -0.1) is 0 Å². The molecule has 12 heavy (non-hydrogen) atoms. The summed E-state index contributed by atoms with van der Waals surface area (Å²) in [5, 5.41) is 0. The van der Waals surface area contributed by atoms with Gasteiger partial charge in [0.05, 0.1) is 6.26 Å². The summed E-state index contributed by atoms with van der Waals surface area (Å²) in [5.74, 6) is 0.797. The summed E-state index contributed by atoms with van der Waals surface area (Å²) in [5.41, 5.74) is 2.19. The van der Waals surface area contributed by atoms with Gasteiger partial charge in [0.15, 0.2) is 0 Å². The van der Waals surface area contributed by atoms with Crippen LogP contribution in [0.4, 0.5) is 0 Å². The zero-order chi connectivity index (χ0) is 8.97. The van der Waals surface area contributed by atoms with Crippen LogP contribution in [-0.4, -0.2) is 0 Å². The van der Waals surface area contributed by atoms with E-state index >= 15 is 0 Å². The van der Waals surface area contributed by atoms with Crippen LogP contribution in [0.1, 0.15) is 11.1 Å². The number of hydrogen-bond donors (Lipinski definition) is 0. The molecule has 1 nitrogen and oxygen atoms in total. The lowest BCUT2D eigenvalue weighted by atomic mass is 10.1. The third-order valence-electron chi connectivity index (χ3n) is 1.60. The minimum absolute atomic E-state index is 0.797. The molecule has 0 atom stereocenters. The standard InChI is InChI=1S/C11H12O/c1-4-10-8-9(3)6-7-11(10)12-5-2/h4-8H,1-2H2,3H3. The van der Waals surface area contributed by atoms with Gasteiger partial charge in [0, 0.05) is 5.56 Å². The Kier molecular flexibility index (Phi) is 2.70. The third kappa shape index (κ3) is 1.76. The second kappa shape index (κ2) is 3.77. The van der Waals surface area contributed by atoms with Crippen molar-refractivity contribution >= 4 is 6.08 Å². The number of ether oxygens (including phenoxy) is 1. The first kappa shape index (κ1) is 8.60. The highest BCUT2D eigenvalue weighted by Gasteiger charge is 1.97. The summed E-state index contributed by atoms with van der Waals surface area (Å²) in [7, 11) is 0. The van der Waals surface area contributed by atoms with Crippen LogP contribution in [0.5, 0.6) is 5.75 Å². The second-order valence-corrected chi connectivity index (χ2v) is 2.53. The molecule has 0 unspecified atom stereocenters. The summed E-state index contributed by atoms with van der Waals surface area (Å²) in [6.07, 6.45) is 3.18. The highest BCUT2D eigenvalue weighted by atomic mass is 16.5. The van der Waals surface area contributed by atoms with Crippen LogP contribution in [-0.2, 0) is 0 Å². The molecule has 0 N–H and O–H groups in total. The second-order valence-electron chi connectivity index (χ2n) is 2.53. The first-order chi connectivity index (χ1) is 5.77. The van der Waals surface area contributed by atoms with Gasteiger partial charge in [0.1, 0.15) is 5.75 Å². The molecule has 0 aliphatic rings. The van der Waals surface area contributed by atoms with Crippen LogP contribution in [0.15, 0.2) is 37.6 Å². The maximum absolute atomic E-state index is 5.18. The van der Waals surface area contributed by atoms with Crippen LogP contribution in [0, 0.1) is 6.92 Å². The zero-order valence-corrected chi connectivity index (χ0v) is 7.21. The summed E-state index contributed by atoms with van der Waals surface area (Å²) in [6, 6.07) is 5.92. The fourth-order valence-electron chi connectivity index (χ4n) is 1.02. The normalized spacial score (nSPS) is 9.08. The van der Waals surface area contributed by atoms with Crippen LogP contribution in [0.25, 0.3) is 6.08 Å². The van der Waals surface area contributed by atoms with E-state index < -0.39 is 0 Å². The van der Waals surface area contributed by atoms with Gasteiger partial charge in [-0.3, -0.25) is 0 Å². The lowest BCUT2D eigenvalue weighted by Crippen LogP contribution is -1.85. The molecule has 0 amide bonds. The van der Waals surface area contributed by atoms with Crippen LogP contribution >= 0.6 is 0 Å². The van der Waals surface area contributed by atoms with Crippen molar-refractivity contribution in [2.24, 2.45) is 0 Å². The van der Waals surface area contributed by atoms with E-state index in [9.17, 15) is 0 Å². The Hall–Kier alpha value is -1.50. The molecule has 1 heteroatoms. The van der Waals surface area contributed by atoms with Crippen molar-refractivity contribution in [1.82, 2.24) is 0 Å². The number of aryl methyl sites for hydroxylation is 1. The minimum Gasteiger partial charge on any atom is -0.465 e. The van der Waals surface area contributed by atoms with E-state index in [4.69, 9.17) is 4.74 Å². The lowest BCUT2D eigenvalue weighted by molar-refractivity contribution is 0.482. The third-order valence-corrected chi connectivity index (χ3v) is 1.60. The molecule has 1 aromatic carbocycles. The van der Waals surface area contributed by atoms with Gasteiger partial charge in [0.25, 0.3) is 0 Å². The van der Waals surface area contributed by atoms with Crippen molar-refractivity contribution in [3.63, 3.8) is 0 Å². The van der Waals surface area contributed by atoms with Crippen LogP contribution < -0.4 is 4.74 Å². The van der Waals surface area contributed by atoms with Crippen molar-refractivity contribution in [1.29, 1.82) is 0 Å². The first-order valence-electron chi connectivity index (χ1n) is 3.78. The van der Waals surface area contributed by atoms with E-state index in [2.05, 4.69) is 13.2 Å². The fourth-order valence-corrected chi connectivity index (χ4v) is 1.02. The maximum atomic E-state index is 5.18. The van der Waals surface area contributed by atoms with Gasteiger partial charge in [-0.05, 0) is 19.1 Å².